The second-order valence-electron chi connectivity index (χ2n) is 9.67. The average Bonchev–Trinajstić information content (AvgIpc) is 3.51. The highest BCUT2D eigenvalue weighted by molar-refractivity contribution is 6.31. The summed E-state index contributed by atoms with van der Waals surface area (Å²) in [5, 5.41) is 29.1. The number of hydrogen-bond donors (Lipinski definition) is 3. The average molecular weight is 439 g/mol. The number of benzene rings is 3. The lowest BCUT2D eigenvalue weighted by molar-refractivity contribution is -0.189. The number of aliphatic hydroxyl groups is 2. The van der Waals surface area contributed by atoms with E-state index in [0.29, 0.717) is 6.54 Å². The van der Waals surface area contributed by atoms with Crippen LogP contribution < -0.4 is 5.32 Å². The number of hydrogen-bond acceptors (Lipinski definition) is 4. The fraction of sp³-hybridized carbons (Fsp3) is 0.269. The number of aromatic nitrogens is 2. The highest BCUT2D eigenvalue weighted by Crippen LogP contribution is 2.57. The lowest BCUT2D eigenvalue weighted by atomic mass is 9.89. The molecule has 3 aliphatic rings. The Bertz CT molecular complexity index is 1730. The number of amides is 1. The summed E-state index contributed by atoms with van der Waals surface area (Å²) in [7, 11) is 0. The zero-order chi connectivity index (χ0) is 22.3. The molecule has 1 amide bonds. The van der Waals surface area contributed by atoms with E-state index in [4.69, 9.17) is 4.74 Å². The third kappa shape index (κ3) is 1.75. The van der Waals surface area contributed by atoms with Crippen molar-refractivity contribution in [3.8, 4) is 0 Å². The molecule has 33 heavy (non-hydrogen) atoms. The Labute approximate surface area is 187 Å². The molecule has 5 heterocycles. The maximum atomic E-state index is 13.2. The molecule has 8 rings (SSSR count). The molecule has 2 bridgehead atoms. The summed E-state index contributed by atoms with van der Waals surface area (Å²) in [5.74, 6) is -0.0555. The minimum atomic E-state index is -1.48. The van der Waals surface area contributed by atoms with Gasteiger partial charge in [0.25, 0.3) is 5.91 Å². The van der Waals surface area contributed by atoms with Crippen molar-refractivity contribution in [2.24, 2.45) is 0 Å². The lowest BCUT2D eigenvalue weighted by Crippen LogP contribution is -2.53. The van der Waals surface area contributed by atoms with E-state index < -0.39 is 24.2 Å². The van der Waals surface area contributed by atoms with Crippen molar-refractivity contribution in [3.63, 3.8) is 0 Å². The molecular formula is C26H21N3O4. The number of nitrogens with zero attached hydrogens (tertiary/aromatic N) is 2. The van der Waals surface area contributed by atoms with Crippen molar-refractivity contribution < 1.29 is 19.7 Å². The molecule has 3 aliphatic heterocycles. The third-order valence-electron chi connectivity index (χ3n) is 8.23. The molecule has 1 fully saturated rings. The maximum absolute atomic E-state index is 13.2. The number of carbonyl (C=O) groups excluding carboxylic acids is 1. The van der Waals surface area contributed by atoms with Gasteiger partial charge >= 0.3 is 0 Å². The van der Waals surface area contributed by atoms with Crippen LogP contribution in [0.25, 0.3) is 43.6 Å². The van der Waals surface area contributed by atoms with Crippen molar-refractivity contribution in [1.82, 2.24) is 14.5 Å². The zero-order valence-electron chi connectivity index (χ0n) is 17.9. The maximum Gasteiger partial charge on any atom is 0.252 e. The van der Waals surface area contributed by atoms with E-state index in [2.05, 4.69) is 20.5 Å². The molecule has 3 aromatic carbocycles. The second-order valence-corrected chi connectivity index (χ2v) is 9.67. The van der Waals surface area contributed by atoms with Gasteiger partial charge < -0.3 is 29.4 Å². The highest BCUT2D eigenvalue weighted by atomic mass is 16.6. The first-order chi connectivity index (χ1) is 16.0. The smallest absolute Gasteiger partial charge is 0.252 e. The number of ether oxygens (including phenoxy) is 1. The minimum Gasteiger partial charge on any atom is -0.393 e. The highest BCUT2D eigenvalue weighted by Gasteiger charge is 2.60. The first-order valence-corrected chi connectivity index (χ1v) is 11.3. The van der Waals surface area contributed by atoms with Crippen LogP contribution in [0, 0.1) is 0 Å². The predicted molar refractivity (Wildman–Crippen MR) is 124 cm³/mol. The summed E-state index contributed by atoms with van der Waals surface area (Å²) in [6, 6.07) is 16.1. The third-order valence-corrected chi connectivity index (χ3v) is 8.23. The van der Waals surface area contributed by atoms with E-state index in [0.717, 1.165) is 54.7 Å². The Morgan fingerprint density at radius 1 is 1.06 bits per heavy atom. The summed E-state index contributed by atoms with van der Waals surface area (Å²) in [4.78, 5) is 13.2. The molecule has 7 nitrogen and oxygen atoms in total. The first-order valence-electron chi connectivity index (χ1n) is 11.3. The lowest BCUT2D eigenvalue weighted by Gasteiger charge is -2.38. The van der Waals surface area contributed by atoms with Gasteiger partial charge in [-0.25, -0.2) is 0 Å². The van der Waals surface area contributed by atoms with Gasteiger partial charge in [0.15, 0.2) is 5.72 Å². The van der Waals surface area contributed by atoms with E-state index in [9.17, 15) is 15.0 Å². The Hall–Kier alpha value is -3.39. The Morgan fingerprint density at radius 3 is 2.52 bits per heavy atom. The van der Waals surface area contributed by atoms with Crippen LogP contribution in [0.4, 0.5) is 0 Å². The fourth-order valence-electron chi connectivity index (χ4n) is 6.73. The standard InChI is InChI=1S/C26H21N3O4/c1-25-26(32,12-30)10-18(33-25)28-16-8-4-2-6-13(16)20-21-15(11-27-24(21)31)19-14-7-3-5-9-17(14)29(25)23(19)22(20)28/h2-9,18,30,32H,10-12H2,1H3,(H,27,31)/t18?,25?,26-/m0/s1. The minimum absolute atomic E-state index is 0.0555. The quantitative estimate of drug-likeness (QED) is 0.373. The molecular weight excluding hydrogens is 418 g/mol. The monoisotopic (exact) mass is 439 g/mol. The van der Waals surface area contributed by atoms with Crippen LogP contribution in [0.2, 0.25) is 0 Å². The van der Waals surface area contributed by atoms with E-state index in [-0.39, 0.29) is 12.3 Å². The summed E-state index contributed by atoms with van der Waals surface area (Å²) in [6.07, 6.45) is -0.247. The number of carbonyl (C=O) groups is 1. The molecule has 0 saturated carbocycles. The van der Waals surface area contributed by atoms with Gasteiger partial charge in [-0.05, 0) is 24.6 Å². The molecule has 164 valence electrons. The van der Waals surface area contributed by atoms with Crippen molar-refractivity contribution >= 4 is 49.5 Å². The SMILES string of the molecule is CC12OC(C[C@]1(O)CO)n1c3ccccc3c3c4c(c5c6ccccc6n2c5c31)CNC4=O. The molecule has 0 aliphatic carbocycles. The predicted octanol–water partition coefficient (Wildman–Crippen LogP) is 3.47. The van der Waals surface area contributed by atoms with Crippen molar-refractivity contribution in [2.45, 2.75) is 37.4 Å². The van der Waals surface area contributed by atoms with Gasteiger partial charge in [0.1, 0.15) is 11.8 Å². The first kappa shape index (κ1) is 18.1. The van der Waals surface area contributed by atoms with Crippen LogP contribution in [0.1, 0.15) is 35.5 Å². The molecule has 2 aromatic heterocycles. The molecule has 3 atom stereocenters. The number of fused-ring (bicyclic) bond motifs is 13. The van der Waals surface area contributed by atoms with Crippen LogP contribution in [-0.2, 0) is 17.0 Å². The van der Waals surface area contributed by atoms with Gasteiger partial charge in [-0.2, -0.15) is 0 Å². The number of nitrogens with one attached hydrogen (secondary N) is 1. The van der Waals surface area contributed by atoms with Gasteiger partial charge in [-0.3, -0.25) is 4.79 Å². The van der Waals surface area contributed by atoms with E-state index in [1.165, 1.54) is 0 Å². The largest absolute Gasteiger partial charge is 0.393 e. The molecule has 0 spiro atoms. The van der Waals surface area contributed by atoms with Crippen molar-refractivity contribution in [3.05, 3.63) is 59.7 Å². The molecule has 7 heteroatoms. The summed E-state index contributed by atoms with van der Waals surface area (Å²) >= 11 is 0. The Balaban J connectivity index is 1.78. The summed E-state index contributed by atoms with van der Waals surface area (Å²) in [5.41, 5.74) is 2.80. The van der Waals surface area contributed by atoms with Crippen LogP contribution >= 0.6 is 0 Å². The molecule has 2 unspecified atom stereocenters. The Morgan fingerprint density at radius 2 is 1.76 bits per heavy atom. The van der Waals surface area contributed by atoms with Gasteiger partial charge in [0.2, 0.25) is 0 Å². The topological polar surface area (TPSA) is 88.7 Å². The second kappa shape index (κ2) is 5.39. The molecule has 3 N–H and O–H groups in total. The molecule has 1 saturated heterocycles. The molecule has 0 radical (unpaired) electrons. The summed E-state index contributed by atoms with van der Waals surface area (Å²) < 4.78 is 10.9. The molecule has 5 aromatic rings. The fourth-order valence-corrected chi connectivity index (χ4v) is 6.73. The van der Waals surface area contributed by atoms with E-state index in [1.54, 1.807) is 0 Å². The van der Waals surface area contributed by atoms with E-state index >= 15 is 0 Å². The van der Waals surface area contributed by atoms with Crippen LogP contribution in [0.15, 0.2) is 48.5 Å². The number of rotatable bonds is 1. The normalized spacial score (nSPS) is 27.8. The van der Waals surface area contributed by atoms with Crippen LogP contribution in [0.5, 0.6) is 0 Å². The van der Waals surface area contributed by atoms with Crippen LogP contribution in [-0.4, -0.2) is 37.5 Å². The zero-order valence-corrected chi connectivity index (χ0v) is 17.9. The van der Waals surface area contributed by atoms with E-state index in [1.807, 2.05) is 49.4 Å². The number of para-hydroxylation sites is 2. The van der Waals surface area contributed by atoms with Gasteiger partial charge in [0.05, 0.1) is 34.2 Å². The van der Waals surface area contributed by atoms with Gasteiger partial charge in [-0.15, -0.1) is 0 Å². The van der Waals surface area contributed by atoms with Crippen LogP contribution in [0.3, 0.4) is 0 Å². The van der Waals surface area contributed by atoms with Gasteiger partial charge in [-0.1, -0.05) is 36.4 Å². The van der Waals surface area contributed by atoms with Gasteiger partial charge in [0, 0.05) is 34.5 Å². The summed E-state index contributed by atoms with van der Waals surface area (Å²) in [6.45, 7) is 1.91. The number of aliphatic hydroxyl groups excluding tert-OH is 1. The Kier molecular flexibility index (Phi) is 2.95. The van der Waals surface area contributed by atoms with Crippen molar-refractivity contribution in [2.75, 3.05) is 6.61 Å². The van der Waals surface area contributed by atoms with Crippen molar-refractivity contribution in [1.29, 1.82) is 0 Å².